The van der Waals surface area contributed by atoms with Gasteiger partial charge < -0.3 is 14.6 Å². The number of carbonyl (C=O) groups is 2. The topological polar surface area (TPSA) is 119 Å². The smallest absolute Gasteiger partial charge is 0.412 e. The Kier molecular flexibility index (Phi) is 7.77. The molecule has 0 aliphatic carbocycles. The minimum atomic E-state index is -3.40. The number of rotatable bonds is 7. The molecule has 0 saturated carbocycles. The number of halogens is 2. The molecule has 12 heteroatoms. The van der Waals surface area contributed by atoms with Gasteiger partial charge in [-0.2, -0.15) is 0 Å². The van der Waals surface area contributed by atoms with E-state index >= 15 is 0 Å². The number of anilines is 2. The molecule has 39 heavy (non-hydrogen) atoms. The Bertz CT molecular complexity index is 1670. The molecule has 2 amide bonds. The van der Waals surface area contributed by atoms with Gasteiger partial charge in [-0.25, -0.2) is 27.0 Å². The van der Waals surface area contributed by atoms with Crippen molar-refractivity contribution in [1.29, 1.82) is 0 Å². The van der Waals surface area contributed by atoms with Gasteiger partial charge in [0.15, 0.2) is 9.84 Å². The van der Waals surface area contributed by atoms with E-state index in [-0.39, 0.29) is 28.4 Å². The molecule has 2 aromatic heterocycles. The van der Waals surface area contributed by atoms with Gasteiger partial charge in [0, 0.05) is 29.8 Å². The van der Waals surface area contributed by atoms with E-state index in [0.29, 0.717) is 22.6 Å². The molecule has 2 aromatic carbocycles. The van der Waals surface area contributed by atoms with Gasteiger partial charge in [0.2, 0.25) is 0 Å². The number of hydrogen-bond acceptors (Lipinski definition) is 6. The number of amides is 2. The summed E-state index contributed by atoms with van der Waals surface area (Å²) in [4.78, 5) is 29.3. The second-order valence-electron chi connectivity index (χ2n) is 8.65. The molecule has 9 nitrogen and oxygen atoms in total. The number of nitrogens with one attached hydrogen (secondary N) is 2. The van der Waals surface area contributed by atoms with Crippen LogP contribution in [0.5, 0.6) is 0 Å². The standard InChI is InChI=1S/C27H24F2N4O5S/c1-16-22(26(34)31-18-8-10-20(11-9-18)39(3,36)37)15-33(25(16)21-12-7-17(28)13-23(21)29)14-19-5-4-6-24(30-19)32-27(35)38-2/h4-13,15H,14H2,1-3H3,(H,31,34)(H,30,32,35). The summed E-state index contributed by atoms with van der Waals surface area (Å²) < 4.78 is 58.2. The molecule has 0 unspecified atom stereocenters. The Hall–Kier alpha value is -4.58. The van der Waals surface area contributed by atoms with Crippen molar-refractivity contribution < 1.29 is 31.5 Å². The molecule has 0 saturated heterocycles. The molecule has 0 fully saturated rings. The highest BCUT2D eigenvalue weighted by atomic mass is 32.2. The van der Waals surface area contributed by atoms with Gasteiger partial charge in [-0.3, -0.25) is 10.1 Å². The fourth-order valence-corrected chi connectivity index (χ4v) is 4.63. The molecule has 4 aromatic rings. The van der Waals surface area contributed by atoms with Crippen molar-refractivity contribution in [3.05, 3.63) is 95.3 Å². The lowest BCUT2D eigenvalue weighted by Crippen LogP contribution is -2.13. The SMILES string of the molecule is COC(=O)Nc1cccc(Cn2cc(C(=O)Nc3ccc(S(C)(=O)=O)cc3)c(C)c2-c2ccc(F)cc2F)n1. The van der Waals surface area contributed by atoms with Crippen LogP contribution in [0, 0.1) is 18.6 Å². The average Bonchev–Trinajstić information content (AvgIpc) is 3.19. The number of ether oxygens (including phenoxy) is 1. The predicted octanol–water partition coefficient (Wildman–Crippen LogP) is 5.02. The number of aromatic nitrogens is 2. The van der Waals surface area contributed by atoms with E-state index in [1.54, 1.807) is 29.7 Å². The van der Waals surface area contributed by atoms with E-state index in [1.807, 2.05) is 0 Å². The number of carbonyl (C=O) groups excluding carboxylic acids is 2. The van der Waals surface area contributed by atoms with Crippen LogP contribution in [0.1, 0.15) is 21.6 Å². The summed E-state index contributed by atoms with van der Waals surface area (Å²) >= 11 is 0. The van der Waals surface area contributed by atoms with Crippen LogP contribution in [-0.4, -0.2) is 43.3 Å². The summed E-state index contributed by atoms with van der Waals surface area (Å²) in [6.07, 6.45) is 1.91. The number of hydrogen-bond donors (Lipinski definition) is 2. The Morgan fingerprint density at radius 3 is 2.38 bits per heavy atom. The summed E-state index contributed by atoms with van der Waals surface area (Å²) in [5.74, 6) is -1.84. The van der Waals surface area contributed by atoms with E-state index in [4.69, 9.17) is 0 Å². The van der Waals surface area contributed by atoms with Crippen molar-refractivity contribution in [1.82, 2.24) is 9.55 Å². The molecule has 0 atom stereocenters. The first-order valence-electron chi connectivity index (χ1n) is 11.5. The van der Waals surface area contributed by atoms with Crippen LogP contribution in [0.4, 0.5) is 25.1 Å². The van der Waals surface area contributed by atoms with Crippen LogP contribution in [-0.2, 0) is 21.1 Å². The third-order valence-electron chi connectivity index (χ3n) is 5.86. The van der Waals surface area contributed by atoms with Crippen LogP contribution in [0.2, 0.25) is 0 Å². The lowest BCUT2D eigenvalue weighted by atomic mass is 10.0. The van der Waals surface area contributed by atoms with Crippen molar-refractivity contribution in [3.8, 4) is 11.3 Å². The molecular weight excluding hydrogens is 530 g/mol. The Morgan fingerprint density at radius 1 is 1.03 bits per heavy atom. The maximum Gasteiger partial charge on any atom is 0.412 e. The van der Waals surface area contributed by atoms with Crippen LogP contribution < -0.4 is 10.6 Å². The molecule has 202 valence electrons. The zero-order valence-corrected chi connectivity index (χ0v) is 22.0. The zero-order valence-electron chi connectivity index (χ0n) is 21.2. The lowest BCUT2D eigenvalue weighted by molar-refractivity contribution is 0.102. The Morgan fingerprint density at radius 2 is 1.74 bits per heavy atom. The Labute approximate surface area is 223 Å². The van der Waals surface area contributed by atoms with Crippen molar-refractivity contribution in [3.63, 3.8) is 0 Å². The van der Waals surface area contributed by atoms with Crippen molar-refractivity contribution >= 4 is 33.3 Å². The summed E-state index contributed by atoms with van der Waals surface area (Å²) in [6, 6.07) is 13.8. The molecule has 0 spiro atoms. The molecule has 0 bridgehead atoms. The normalized spacial score (nSPS) is 11.2. The van der Waals surface area contributed by atoms with Gasteiger partial charge in [0.05, 0.1) is 35.5 Å². The second-order valence-corrected chi connectivity index (χ2v) is 10.7. The largest absolute Gasteiger partial charge is 0.453 e. The maximum atomic E-state index is 14.9. The van der Waals surface area contributed by atoms with E-state index in [0.717, 1.165) is 18.4 Å². The lowest BCUT2D eigenvalue weighted by Gasteiger charge is -2.12. The highest BCUT2D eigenvalue weighted by molar-refractivity contribution is 7.90. The van der Waals surface area contributed by atoms with Crippen LogP contribution in [0.25, 0.3) is 11.3 Å². The fraction of sp³-hybridized carbons (Fsp3) is 0.148. The van der Waals surface area contributed by atoms with Crippen molar-refractivity contribution in [2.24, 2.45) is 0 Å². The minimum absolute atomic E-state index is 0.0781. The predicted molar refractivity (Wildman–Crippen MR) is 141 cm³/mol. The number of pyridine rings is 1. The van der Waals surface area contributed by atoms with Gasteiger partial charge in [-0.05, 0) is 61.0 Å². The minimum Gasteiger partial charge on any atom is -0.453 e. The van der Waals surface area contributed by atoms with Gasteiger partial charge in [-0.1, -0.05) is 6.07 Å². The molecular formula is C27H24F2N4O5S. The molecule has 2 N–H and O–H groups in total. The summed E-state index contributed by atoms with van der Waals surface area (Å²) in [7, 11) is -2.18. The molecule has 2 heterocycles. The number of methoxy groups -OCH3 is 1. The molecule has 0 radical (unpaired) electrons. The monoisotopic (exact) mass is 554 g/mol. The summed E-state index contributed by atoms with van der Waals surface area (Å²) in [5, 5.41) is 5.19. The summed E-state index contributed by atoms with van der Waals surface area (Å²) in [5.41, 5.74) is 1.88. The van der Waals surface area contributed by atoms with E-state index in [9.17, 15) is 26.8 Å². The van der Waals surface area contributed by atoms with E-state index < -0.39 is 33.5 Å². The second kappa shape index (κ2) is 11.0. The maximum absolute atomic E-state index is 14.9. The van der Waals surface area contributed by atoms with E-state index in [1.165, 1.54) is 43.6 Å². The van der Waals surface area contributed by atoms with Gasteiger partial charge in [-0.15, -0.1) is 0 Å². The number of benzene rings is 2. The van der Waals surface area contributed by atoms with Gasteiger partial charge in [0.25, 0.3) is 5.91 Å². The van der Waals surface area contributed by atoms with Crippen LogP contribution in [0.3, 0.4) is 0 Å². The van der Waals surface area contributed by atoms with Gasteiger partial charge >= 0.3 is 6.09 Å². The highest BCUT2D eigenvalue weighted by Crippen LogP contribution is 2.32. The third-order valence-corrected chi connectivity index (χ3v) is 6.99. The summed E-state index contributed by atoms with van der Waals surface area (Å²) in [6.45, 7) is 1.72. The average molecular weight is 555 g/mol. The highest BCUT2D eigenvalue weighted by Gasteiger charge is 2.22. The van der Waals surface area contributed by atoms with Crippen LogP contribution >= 0.6 is 0 Å². The molecule has 4 rings (SSSR count). The first-order chi connectivity index (χ1) is 18.5. The zero-order chi connectivity index (χ0) is 28.3. The number of nitrogens with zero attached hydrogens (tertiary/aromatic N) is 2. The molecule has 0 aliphatic heterocycles. The number of sulfone groups is 1. The Balaban J connectivity index is 1.72. The van der Waals surface area contributed by atoms with E-state index in [2.05, 4.69) is 20.4 Å². The van der Waals surface area contributed by atoms with Gasteiger partial charge in [0.1, 0.15) is 17.5 Å². The third kappa shape index (κ3) is 6.29. The fourth-order valence-electron chi connectivity index (χ4n) is 4.00. The van der Waals surface area contributed by atoms with Crippen molar-refractivity contribution in [2.45, 2.75) is 18.4 Å². The van der Waals surface area contributed by atoms with Crippen molar-refractivity contribution in [2.75, 3.05) is 24.0 Å². The van der Waals surface area contributed by atoms with Crippen LogP contribution in [0.15, 0.2) is 71.8 Å². The first kappa shape index (κ1) is 27.5. The molecule has 0 aliphatic rings. The first-order valence-corrected chi connectivity index (χ1v) is 13.4. The quantitative estimate of drug-likeness (QED) is 0.331.